The monoisotopic (exact) mass is 277 g/mol. The van der Waals surface area contributed by atoms with Gasteiger partial charge in [-0.05, 0) is 12.0 Å². The van der Waals surface area contributed by atoms with Gasteiger partial charge in [-0.1, -0.05) is 30.3 Å². The third-order valence-corrected chi connectivity index (χ3v) is 4.89. The topological polar surface area (TPSA) is 20.3 Å². The second-order valence-corrected chi connectivity index (χ2v) is 6.22. The average molecular weight is 277 g/mol. The van der Waals surface area contributed by atoms with E-state index in [0.29, 0.717) is 0 Å². The van der Waals surface area contributed by atoms with Gasteiger partial charge in [0.25, 0.3) is 0 Å². The Morgan fingerprint density at radius 3 is 2.50 bits per heavy atom. The van der Waals surface area contributed by atoms with Crippen LogP contribution < -0.4 is 0 Å². The molecule has 1 saturated heterocycles. The van der Waals surface area contributed by atoms with Crippen LogP contribution in [0.15, 0.2) is 30.3 Å². The summed E-state index contributed by atoms with van der Waals surface area (Å²) in [5.41, 5.74) is 0.915. The summed E-state index contributed by atoms with van der Waals surface area (Å²) in [5.74, 6) is 0. The third-order valence-electron chi connectivity index (χ3n) is 3.14. The Kier molecular flexibility index (Phi) is 3.77. The first-order valence-corrected chi connectivity index (χ1v) is 6.80. The van der Waals surface area contributed by atoms with Crippen molar-refractivity contribution in [3.05, 3.63) is 35.9 Å². The van der Waals surface area contributed by atoms with Crippen LogP contribution in [0.4, 0.5) is 13.2 Å². The van der Waals surface area contributed by atoms with E-state index in [4.69, 9.17) is 0 Å². The number of rotatable bonds is 2. The summed E-state index contributed by atoms with van der Waals surface area (Å²) < 4.78 is 50.6. The first-order valence-electron chi connectivity index (χ1n) is 5.63. The van der Waals surface area contributed by atoms with Crippen molar-refractivity contribution in [1.82, 2.24) is 4.31 Å². The molecule has 1 fully saturated rings. The van der Waals surface area contributed by atoms with Crippen molar-refractivity contribution >= 4 is 11.0 Å². The van der Waals surface area contributed by atoms with E-state index in [9.17, 15) is 17.4 Å². The van der Waals surface area contributed by atoms with E-state index in [0.717, 1.165) is 5.56 Å². The van der Waals surface area contributed by atoms with E-state index in [1.807, 2.05) is 30.3 Å². The van der Waals surface area contributed by atoms with Gasteiger partial charge in [0.05, 0.1) is 22.7 Å². The fraction of sp³-hybridized carbons (Fsp3) is 0.500. The second-order valence-electron chi connectivity index (χ2n) is 4.43. The van der Waals surface area contributed by atoms with E-state index in [1.54, 1.807) is 7.05 Å². The molecule has 3 atom stereocenters. The Bertz CT molecular complexity index is 435. The lowest BCUT2D eigenvalue weighted by molar-refractivity contribution is -0.134. The van der Waals surface area contributed by atoms with Gasteiger partial charge in [0.15, 0.2) is 0 Å². The molecule has 0 bridgehead atoms. The lowest BCUT2D eigenvalue weighted by atomic mass is 10.0. The lowest BCUT2D eigenvalue weighted by Crippen LogP contribution is -2.24. The molecule has 1 heterocycles. The summed E-state index contributed by atoms with van der Waals surface area (Å²) in [6.07, 6.45) is -4.95. The van der Waals surface area contributed by atoms with Crippen molar-refractivity contribution in [1.29, 1.82) is 0 Å². The van der Waals surface area contributed by atoms with Gasteiger partial charge in [-0.25, -0.2) is 8.51 Å². The molecule has 1 aromatic carbocycles. The molecular formula is C12H14F3NOS. The molecule has 0 aromatic heterocycles. The van der Waals surface area contributed by atoms with Gasteiger partial charge in [-0.2, -0.15) is 13.2 Å². The highest BCUT2D eigenvalue weighted by molar-refractivity contribution is 7.83. The molecule has 1 aliphatic heterocycles. The standard InChI is InChI=1S/C12H14F3NOS/c1-16-11(9-5-3-2-4-6-9)7-10(18(16)17)8-12(13,14)15/h2-6,10-11H,7-8H2,1H3/t10-,11+,18?/m1/s1. The Morgan fingerprint density at radius 1 is 1.33 bits per heavy atom. The molecule has 6 heteroatoms. The zero-order valence-corrected chi connectivity index (χ0v) is 10.7. The number of halogens is 3. The SMILES string of the molecule is CN1[C@H](c2ccccc2)C[C@H](CC(F)(F)F)S1=O. The molecule has 0 radical (unpaired) electrons. The van der Waals surface area contributed by atoms with Crippen molar-refractivity contribution in [3.8, 4) is 0 Å². The van der Waals surface area contributed by atoms with Gasteiger partial charge in [0.1, 0.15) is 0 Å². The summed E-state index contributed by atoms with van der Waals surface area (Å²) in [6, 6.07) is 9.04. The largest absolute Gasteiger partial charge is 0.390 e. The van der Waals surface area contributed by atoms with Gasteiger partial charge in [0, 0.05) is 13.1 Å². The van der Waals surface area contributed by atoms with E-state index in [1.165, 1.54) is 4.31 Å². The van der Waals surface area contributed by atoms with Crippen LogP contribution >= 0.6 is 0 Å². The summed E-state index contributed by atoms with van der Waals surface area (Å²) in [4.78, 5) is 0. The van der Waals surface area contributed by atoms with Crippen LogP contribution in [0, 0.1) is 0 Å². The molecule has 18 heavy (non-hydrogen) atoms. The molecule has 2 rings (SSSR count). The first kappa shape index (κ1) is 13.5. The highest BCUT2D eigenvalue weighted by atomic mass is 32.2. The van der Waals surface area contributed by atoms with Crippen LogP contribution in [0.5, 0.6) is 0 Å². The molecule has 1 aliphatic rings. The molecule has 0 amide bonds. The van der Waals surface area contributed by atoms with Crippen LogP contribution in [0.2, 0.25) is 0 Å². The average Bonchev–Trinajstić information content (AvgIpc) is 2.57. The molecular weight excluding hydrogens is 263 g/mol. The predicted octanol–water partition coefficient (Wildman–Crippen LogP) is 3.05. The van der Waals surface area contributed by atoms with E-state index in [-0.39, 0.29) is 12.5 Å². The quantitative estimate of drug-likeness (QED) is 0.813. The fourth-order valence-corrected chi connectivity index (χ4v) is 3.88. The Hall–Kier alpha value is -0.880. The maximum absolute atomic E-state index is 12.4. The molecule has 0 aliphatic carbocycles. The minimum absolute atomic E-state index is 0.195. The smallest absolute Gasteiger partial charge is 0.242 e. The lowest BCUT2D eigenvalue weighted by Gasteiger charge is -2.17. The molecule has 0 N–H and O–H groups in total. The predicted molar refractivity (Wildman–Crippen MR) is 64.2 cm³/mol. The van der Waals surface area contributed by atoms with Gasteiger partial charge < -0.3 is 0 Å². The van der Waals surface area contributed by atoms with Crippen molar-refractivity contribution < 1.29 is 17.4 Å². The summed E-state index contributed by atoms with van der Waals surface area (Å²) >= 11 is 0. The molecule has 1 aromatic rings. The van der Waals surface area contributed by atoms with Crippen LogP contribution in [-0.2, 0) is 11.0 Å². The van der Waals surface area contributed by atoms with Crippen LogP contribution in [0.25, 0.3) is 0 Å². The highest BCUT2D eigenvalue weighted by Gasteiger charge is 2.43. The minimum atomic E-state index is -4.26. The number of nitrogens with zero attached hydrogens (tertiary/aromatic N) is 1. The number of hydrogen-bond donors (Lipinski definition) is 0. The van der Waals surface area contributed by atoms with Crippen LogP contribution in [0.1, 0.15) is 24.4 Å². The summed E-state index contributed by atoms with van der Waals surface area (Å²) in [5, 5.41) is -0.833. The Balaban J connectivity index is 2.15. The van der Waals surface area contributed by atoms with Crippen LogP contribution in [-0.4, -0.2) is 27.0 Å². The minimum Gasteiger partial charge on any atom is -0.242 e. The summed E-state index contributed by atoms with van der Waals surface area (Å²) in [7, 11) is 0.0461. The molecule has 0 saturated carbocycles. The Labute approximate surface area is 106 Å². The zero-order valence-electron chi connectivity index (χ0n) is 9.85. The van der Waals surface area contributed by atoms with E-state index < -0.39 is 28.8 Å². The van der Waals surface area contributed by atoms with Gasteiger partial charge >= 0.3 is 6.18 Å². The number of benzene rings is 1. The maximum Gasteiger partial charge on any atom is 0.390 e. The van der Waals surface area contributed by atoms with Crippen LogP contribution in [0.3, 0.4) is 0 Å². The van der Waals surface area contributed by atoms with Crippen molar-refractivity contribution in [2.24, 2.45) is 0 Å². The maximum atomic E-state index is 12.4. The van der Waals surface area contributed by atoms with Crippen molar-refractivity contribution in [2.75, 3.05) is 7.05 Å². The van der Waals surface area contributed by atoms with Gasteiger partial charge in [-0.3, -0.25) is 0 Å². The molecule has 100 valence electrons. The Morgan fingerprint density at radius 2 is 1.94 bits per heavy atom. The van der Waals surface area contributed by atoms with E-state index >= 15 is 0 Å². The normalized spacial score (nSPS) is 29.7. The third kappa shape index (κ3) is 2.92. The highest BCUT2D eigenvalue weighted by Crippen LogP contribution is 2.39. The van der Waals surface area contributed by atoms with Crippen molar-refractivity contribution in [3.63, 3.8) is 0 Å². The molecule has 0 spiro atoms. The second kappa shape index (κ2) is 5.01. The summed E-state index contributed by atoms with van der Waals surface area (Å²) in [6.45, 7) is 0. The number of alkyl halides is 3. The zero-order chi connectivity index (χ0) is 13.3. The first-order chi connectivity index (χ1) is 8.38. The van der Waals surface area contributed by atoms with Crippen molar-refractivity contribution in [2.45, 2.75) is 30.3 Å². The molecule has 2 nitrogen and oxygen atoms in total. The van der Waals surface area contributed by atoms with Gasteiger partial charge in [-0.15, -0.1) is 0 Å². The number of hydrogen-bond acceptors (Lipinski definition) is 1. The van der Waals surface area contributed by atoms with E-state index in [2.05, 4.69) is 0 Å². The fourth-order valence-electron chi connectivity index (χ4n) is 2.27. The van der Waals surface area contributed by atoms with Gasteiger partial charge in [0.2, 0.25) is 0 Å². The molecule has 1 unspecified atom stereocenters.